The third-order valence-corrected chi connectivity index (χ3v) is 4.90. The first-order valence-corrected chi connectivity index (χ1v) is 8.59. The molecule has 116 valence electrons. The highest BCUT2D eigenvalue weighted by atomic mass is 32.2. The van der Waals surface area contributed by atoms with Crippen LogP contribution in [0.1, 0.15) is 5.01 Å². The van der Waals surface area contributed by atoms with Gasteiger partial charge < -0.3 is 14.8 Å². The summed E-state index contributed by atoms with van der Waals surface area (Å²) in [5, 5.41) is 11.6. The molecule has 1 aliphatic rings. The number of para-hydroxylation sites is 2. The highest BCUT2D eigenvalue weighted by Crippen LogP contribution is 2.30. The van der Waals surface area contributed by atoms with Crippen molar-refractivity contribution in [3.05, 3.63) is 29.3 Å². The van der Waals surface area contributed by atoms with Gasteiger partial charge in [0.25, 0.3) is 0 Å². The number of rotatable bonds is 5. The summed E-state index contributed by atoms with van der Waals surface area (Å²) in [7, 11) is 0. The van der Waals surface area contributed by atoms with Gasteiger partial charge in [0.1, 0.15) is 17.7 Å². The average molecular weight is 337 g/mol. The maximum Gasteiger partial charge on any atom is 0.230 e. The first-order valence-electron chi connectivity index (χ1n) is 6.79. The van der Waals surface area contributed by atoms with Gasteiger partial charge >= 0.3 is 0 Å². The summed E-state index contributed by atoms with van der Waals surface area (Å²) in [5.74, 6) is 1.72. The van der Waals surface area contributed by atoms with Crippen LogP contribution in [0.4, 0.5) is 0 Å². The molecule has 0 saturated carbocycles. The van der Waals surface area contributed by atoms with Crippen LogP contribution in [-0.4, -0.2) is 41.1 Å². The SMILES string of the molecule is Cc1nnc(SCC(=O)NC[C@@H]2COc3ccccc3O2)s1. The minimum atomic E-state index is -0.173. The Hall–Kier alpha value is -1.80. The summed E-state index contributed by atoms with van der Waals surface area (Å²) in [6, 6.07) is 7.52. The number of amides is 1. The number of hydrogen-bond acceptors (Lipinski definition) is 7. The second-order valence-electron chi connectivity index (χ2n) is 4.68. The van der Waals surface area contributed by atoms with Crippen molar-refractivity contribution in [1.82, 2.24) is 15.5 Å². The fourth-order valence-corrected chi connectivity index (χ4v) is 3.55. The third-order valence-electron chi connectivity index (χ3n) is 2.93. The Morgan fingerprint density at radius 2 is 2.23 bits per heavy atom. The van der Waals surface area contributed by atoms with Crippen molar-refractivity contribution in [2.45, 2.75) is 17.4 Å². The van der Waals surface area contributed by atoms with Gasteiger partial charge in [-0.2, -0.15) is 0 Å². The lowest BCUT2D eigenvalue weighted by atomic mass is 10.2. The van der Waals surface area contributed by atoms with Gasteiger partial charge in [-0.1, -0.05) is 35.2 Å². The summed E-state index contributed by atoms with van der Waals surface area (Å²) >= 11 is 2.87. The number of ether oxygens (including phenoxy) is 2. The molecule has 0 saturated heterocycles. The molecule has 2 heterocycles. The van der Waals surface area contributed by atoms with Crippen LogP contribution in [0.3, 0.4) is 0 Å². The lowest BCUT2D eigenvalue weighted by Crippen LogP contribution is -2.41. The van der Waals surface area contributed by atoms with Gasteiger partial charge in [-0.05, 0) is 19.1 Å². The zero-order valence-corrected chi connectivity index (χ0v) is 13.6. The van der Waals surface area contributed by atoms with E-state index in [0.717, 1.165) is 15.1 Å². The fourth-order valence-electron chi connectivity index (χ4n) is 1.91. The van der Waals surface area contributed by atoms with Crippen molar-refractivity contribution >= 4 is 29.0 Å². The number of fused-ring (bicyclic) bond motifs is 1. The number of carbonyl (C=O) groups excluding carboxylic acids is 1. The standard InChI is InChI=1S/C14H15N3O3S2/c1-9-16-17-14(22-9)21-8-13(18)15-6-10-7-19-11-4-2-3-5-12(11)20-10/h2-5,10H,6-8H2,1H3,(H,15,18)/t10-/m1/s1. The van der Waals surface area contributed by atoms with E-state index in [-0.39, 0.29) is 12.0 Å². The molecule has 2 aromatic rings. The van der Waals surface area contributed by atoms with Crippen LogP contribution >= 0.6 is 23.1 Å². The first-order chi connectivity index (χ1) is 10.7. The van der Waals surface area contributed by atoms with E-state index < -0.39 is 0 Å². The van der Waals surface area contributed by atoms with Gasteiger partial charge in [-0.3, -0.25) is 4.79 Å². The van der Waals surface area contributed by atoms with Gasteiger partial charge in [-0.25, -0.2) is 0 Å². The Balaban J connectivity index is 1.42. The number of carbonyl (C=O) groups is 1. The summed E-state index contributed by atoms with van der Waals surface area (Å²) in [6.45, 7) is 2.74. The molecule has 0 unspecified atom stereocenters. The van der Waals surface area contributed by atoms with Gasteiger partial charge in [-0.15, -0.1) is 10.2 Å². The molecule has 1 N–H and O–H groups in total. The molecule has 3 rings (SSSR count). The second kappa shape index (κ2) is 6.97. The average Bonchev–Trinajstić information content (AvgIpc) is 2.96. The van der Waals surface area contributed by atoms with Crippen LogP contribution in [0.5, 0.6) is 11.5 Å². The molecule has 0 fully saturated rings. The van der Waals surface area contributed by atoms with Crippen molar-refractivity contribution in [1.29, 1.82) is 0 Å². The zero-order chi connectivity index (χ0) is 15.4. The van der Waals surface area contributed by atoms with Crippen molar-refractivity contribution in [2.75, 3.05) is 18.9 Å². The van der Waals surface area contributed by atoms with E-state index in [1.807, 2.05) is 31.2 Å². The van der Waals surface area contributed by atoms with E-state index in [0.29, 0.717) is 24.7 Å². The Morgan fingerprint density at radius 1 is 1.41 bits per heavy atom. The molecular weight excluding hydrogens is 322 g/mol. The topological polar surface area (TPSA) is 73.3 Å². The van der Waals surface area contributed by atoms with Gasteiger partial charge in [0.2, 0.25) is 5.91 Å². The van der Waals surface area contributed by atoms with Crippen molar-refractivity contribution in [2.24, 2.45) is 0 Å². The van der Waals surface area contributed by atoms with Crippen LogP contribution in [-0.2, 0) is 4.79 Å². The minimum absolute atomic E-state index is 0.0553. The van der Waals surface area contributed by atoms with E-state index in [4.69, 9.17) is 9.47 Å². The highest BCUT2D eigenvalue weighted by Gasteiger charge is 2.21. The molecular formula is C14H15N3O3S2. The number of aromatic nitrogens is 2. The molecule has 22 heavy (non-hydrogen) atoms. The molecule has 1 aromatic carbocycles. The Bertz CT molecular complexity index is 662. The van der Waals surface area contributed by atoms with E-state index in [2.05, 4.69) is 15.5 Å². The summed E-state index contributed by atoms with van der Waals surface area (Å²) in [5.41, 5.74) is 0. The number of hydrogen-bond donors (Lipinski definition) is 1. The van der Waals surface area contributed by atoms with E-state index in [1.54, 1.807) is 0 Å². The molecule has 8 heteroatoms. The molecule has 1 aromatic heterocycles. The van der Waals surface area contributed by atoms with Crippen LogP contribution in [0.2, 0.25) is 0 Å². The van der Waals surface area contributed by atoms with Crippen LogP contribution in [0.15, 0.2) is 28.6 Å². The summed E-state index contributed by atoms with van der Waals surface area (Å²) < 4.78 is 12.2. The Kier molecular flexibility index (Phi) is 4.79. The van der Waals surface area contributed by atoms with E-state index in [9.17, 15) is 4.79 Å². The van der Waals surface area contributed by atoms with Gasteiger partial charge in [0.05, 0.1) is 12.3 Å². The number of benzene rings is 1. The number of aryl methyl sites for hydroxylation is 1. The number of thioether (sulfide) groups is 1. The third kappa shape index (κ3) is 3.89. The lowest BCUT2D eigenvalue weighted by Gasteiger charge is -2.26. The molecule has 1 aliphatic heterocycles. The largest absolute Gasteiger partial charge is 0.486 e. The molecule has 1 atom stereocenters. The molecule has 0 spiro atoms. The first kappa shape index (κ1) is 15.1. The predicted molar refractivity (Wildman–Crippen MR) is 84.7 cm³/mol. The zero-order valence-electron chi connectivity index (χ0n) is 11.9. The maximum absolute atomic E-state index is 11.8. The molecule has 0 radical (unpaired) electrons. The monoisotopic (exact) mass is 337 g/mol. The van der Waals surface area contributed by atoms with Crippen molar-refractivity contribution < 1.29 is 14.3 Å². The lowest BCUT2D eigenvalue weighted by molar-refractivity contribution is -0.119. The quantitative estimate of drug-likeness (QED) is 0.840. The molecule has 6 nitrogen and oxygen atoms in total. The normalized spacial score (nSPS) is 16.3. The Labute approximate surface area is 136 Å². The fraction of sp³-hybridized carbons (Fsp3) is 0.357. The van der Waals surface area contributed by atoms with E-state index in [1.165, 1.54) is 23.1 Å². The molecule has 1 amide bonds. The minimum Gasteiger partial charge on any atom is -0.486 e. The van der Waals surface area contributed by atoms with Gasteiger partial charge in [0, 0.05) is 0 Å². The maximum atomic E-state index is 11.8. The van der Waals surface area contributed by atoms with Gasteiger partial charge in [0.15, 0.2) is 15.8 Å². The number of nitrogens with zero attached hydrogens (tertiary/aromatic N) is 2. The van der Waals surface area contributed by atoms with E-state index >= 15 is 0 Å². The highest BCUT2D eigenvalue weighted by molar-refractivity contribution is 8.01. The summed E-state index contributed by atoms with van der Waals surface area (Å²) in [4.78, 5) is 11.8. The van der Waals surface area contributed by atoms with Crippen LogP contribution in [0, 0.1) is 6.92 Å². The molecule has 0 aliphatic carbocycles. The number of nitrogens with one attached hydrogen (secondary N) is 1. The smallest absolute Gasteiger partial charge is 0.230 e. The van der Waals surface area contributed by atoms with Crippen molar-refractivity contribution in [3.8, 4) is 11.5 Å². The molecule has 0 bridgehead atoms. The summed E-state index contributed by atoms with van der Waals surface area (Å²) in [6.07, 6.45) is -0.173. The van der Waals surface area contributed by atoms with Crippen LogP contribution in [0.25, 0.3) is 0 Å². The predicted octanol–water partition coefficient (Wildman–Crippen LogP) is 1.89. The van der Waals surface area contributed by atoms with Crippen LogP contribution < -0.4 is 14.8 Å². The second-order valence-corrected chi connectivity index (χ2v) is 7.08. The Morgan fingerprint density at radius 3 is 3.00 bits per heavy atom. The van der Waals surface area contributed by atoms with Crippen molar-refractivity contribution in [3.63, 3.8) is 0 Å².